The summed E-state index contributed by atoms with van der Waals surface area (Å²) in [4.78, 5) is 63.2. The van der Waals surface area contributed by atoms with Crippen molar-refractivity contribution in [1.82, 2.24) is 10.2 Å². The molecule has 6 atom stereocenters. The number of nitrogens with zero attached hydrogens (tertiary/aromatic N) is 2. The summed E-state index contributed by atoms with van der Waals surface area (Å²) < 4.78 is 22.5. The number of aromatic hydroxyl groups is 1. The summed E-state index contributed by atoms with van der Waals surface area (Å²) in [5, 5.41) is 13.5. The molecule has 1 spiro atoms. The molecular formula is C49H43N3O9. The van der Waals surface area contributed by atoms with Crippen molar-refractivity contribution >= 4 is 29.6 Å². The highest BCUT2D eigenvalue weighted by Gasteiger charge is 2.75. The molecule has 5 aromatic carbocycles. The number of anilines is 1. The Kier molecular flexibility index (Phi) is 11.4. The molecule has 0 unspecified atom stereocenters. The first-order valence-electron chi connectivity index (χ1n) is 19.8. The van der Waals surface area contributed by atoms with Crippen molar-refractivity contribution in [3.63, 3.8) is 0 Å². The van der Waals surface area contributed by atoms with Gasteiger partial charge in [0.05, 0.1) is 37.4 Å². The molecule has 12 heteroatoms. The van der Waals surface area contributed by atoms with Crippen LogP contribution < -0.4 is 15.0 Å². The van der Waals surface area contributed by atoms with Gasteiger partial charge in [0.15, 0.2) is 0 Å². The number of fused-ring (bicyclic) bond motifs is 3. The molecule has 0 bridgehead atoms. The summed E-state index contributed by atoms with van der Waals surface area (Å²) >= 11 is 0. The summed E-state index contributed by atoms with van der Waals surface area (Å²) in [6, 6.07) is 34.0. The van der Waals surface area contributed by atoms with Crippen LogP contribution in [0.3, 0.4) is 0 Å². The van der Waals surface area contributed by atoms with Gasteiger partial charge in [0.1, 0.15) is 35.7 Å². The van der Waals surface area contributed by atoms with Crippen LogP contribution in [0.15, 0.2) is 140 Å². The Morgan fingerprint density at radius 3 is 2.13 bits per heavy atom. The Morgan fingerprint density at radius 2 is 1.48 bits per heavy atom. The van der Waals surface area contributed by atoms with Gasteiger partial charge in [0.25, 0.3) is 0 Å². The van der Waals surface area contributed by atoms with Gasteiger partial charge in [-0.2, -0.15) is 0 Å². The molecule has 3 heterocycles. The molecule has 3 aliphatic heterocycles. The molecule has 308 valence electrons. The van der Waals surface area contributed by atoms with Crippen molar-refractivity contribution in [2.75, 3.05) is 38.9 Å². The summed E-state index contributed by atoms with van der Waals surface area (Å²) in [5.74, 6) is 3.36. The number of carbonyl (C=O) groups excluding carboxylic acids is 4. The molecule has 61 heavy (non-hydrogen) atoms. The summed E-state index contributed by atoms with van der Waals surface area (Å²) in [6.07, 6.45) is -0.379. The highest BCUT2D eigenvalue weighted by molar-refractivity contribution is 6.23. The Bertz CT molecular complexity index is 2520. The fourth-order valence-electron chi connectivity index (χ4n) is 9.00. The van der Waals surface area contributed by atoms with Crippen molar-refractivity contribution in [3.05, 3.63) is 173 Å². The smallest absolute Gasteiger partial charge is 0.421 e. The average Bonchev–Trinajstić information content (AvgIpc) is 3.74. The number of esters is 1. The minimum absolute atomic E-state index is 0.0169. The van der Waals surface area contributed by atoms with Crippen LogP contribution in [0.2, 0.25) is 0 Å². The fraction of sp³-hybridized carbons (Fsp3) is 0.224. The van der Waals surface area contributed by atoms with Gasteiger partial charge in [-0.1, -0.05) is 90.7 Å². The number of phenolic OH excluding ortho intramolecular Hbond substituents is 1. The Hall–Kier alpha value is -7.20. The van der Waals surface area contributed by atoms with E-state index in [1.54, 1.807) is 49.6 Å². The number of imide groups is 1. The molecule has 2 N–H and O–H groups in total. The number of ether oxygens (including phenoxy) is 4. The number of amides is 3. The van der Waals surface area contributed by atoms with Crippen LogP contribution in [0.25, 0.3) is 0 Å². The molecule has 3 aliphatic rings. The highest BCUT2D eigenvalue weighted by Crippen LogP contribution is 2.66. The van der Waals surface area contributed by atoms with Gasteiger partial charge in [-0.15, -0.1) is 6.58 Å². The normalized spacial score (nSPS) is 22.7. The van der Waals surface area contributed by atoms with E-state index in [1.807, 2.05) is 77.7 Å². The third-order valence-corrected chi connectivity index (χ3v) is 11.5. The second kappa shape index (κ2) is 17.2. The highest BCUT2D eigenvalue weighted by atomic mass is 16.6. The first kappa shape index (κ1) is 40.6. The van der Waals surface area contributed by atoms with Gasteiger partial charge in [-0.3, -0.25) is 19.3 Å². The summed E-state index contributed by atoms with van der Waals surface area (Å²) in [7, 11) is 3.04. The number of morpholine rings is 1. The number of phenols is 1. The largest absolute Gasteiger partial charge is 0.508 e. The predicted octanol–water partition coefficient (Wildman–Crippen LogP) is 6.55. The van der Waals surface area contributed by atoms with Crippen molar-refractivity contribution in [2.45, 2.75) is 29.6 Å². The van der Waals surface area contributed by atoms with E-state index in [1.165, 1.54) is 25.3 Å². The van der Waals surface area contributed by atoms with E-state index in [-0.39, 0.29) is 36.8 Å². The van der Waals surface area contributed by atoms with Crippen LogP contribution in [0.4, 0.5) is 10.5 Å². The fourth-order valence-corrected chi connectivity index (χ4v) is 9.00. The molecule has 8 rings (SSSR count). The summed E-state index contributed by atoms with van der Waals surface area (Å²) in [6.45, 7) is 3.71. The van der Waals surface area contributed by atoms with Gasteiger partial charge < -0.3 is 29.4 Å². The zero-order valence-corrected chi connectivity index (χ0v) is 33.5. The molecule has 0 saturated carbocycles. The van der Waals surface area contributed by atoms with Crippen LogP contribution in [0.5, 0.6) is 11.5 Å². The molecule has 0 radical (unpaired) electrons. The van der Waals surface area contributed by atoms with Crippen LogP contribution in [0, 0.1) is 17.8 Å². The minimum Gasteiger partial charge on any atom is -0.508 e. The second-order valence-electron chi connectivity index (χ2n) is 14.8. The van der Waals surface area contributed by atoms with E-state index in [4.69, 9.17) is 18.9 Å². The SMILES string of the molecule is C=CCNC(=O)[C@@H]1[C@H]2C(=O)O[C@H](c3ccccc3)[C@H](c3ccccc3)N2[C@H](c2ccc(O)cc2)[C@@]12C(=O)N(C(=O)OCCOC)c1ccc(C#Cc3ccc(OC)cc3)cc12. The van der Waals surface area contributed by atoms with E-state index >= 15 is 14.4 Å². The Morgan fingerprint density at radius 1 is 0.820 bits per heavy atom. The van der Waals surface area contributed by atoms with Gasteiger partial charge >= 0.3 is 12.1 Å². The molecule has 2 saturated heterocycles. The number of rotatable bonds is 10. The third-order valence-electron chi connectivity index (χ3n) is 11.5. The first-order valence-corrected chi connectivity index (χ1v) is 19.8. The number of benzene rings is 5. The zero-order valence-electron chi connectivity index (χ0n) is 33.5. The van der Waals surface area contributed by atoms with Crippen molar-refractivity contribution in [3.8, 4) is 23.3 Å². The monoisotopic (exact) mass is 817 g/mol. The van der Waals surface area contributed by atoms with Crippen LogP contribution >= 0.6 is 0 Å². The maximum absolute atomic E-state index is 16.0. The van der Waals surface area contributed by atoms with E-state index in [9.17, 15) is 9.90 Å². The minimum atomic E-state index is -2.00. The molecule has 12 nitrogen and oxygen atoms in total. The average molecular weight is 818 g/mol. The van der Waals surface area contributed by atoms with Crippen molar-refractivity contribution in [2.24, 2.45) is 5.92 Å². The number of nitrogens with one attached hydrogen (secondary N) is 1. The number of hydrogen-bond donors (Lipinski definition) is 2. The number of hydrogen-bond acceptors (Lipinski definition) is 10. The van der Waals surface area contributed by atoms with Gasteiger partial charge in [0.2, 0.25) is 11.8 Å². The lowest BCUT2D eigenvalue weighted by atomic mass is 9.65. The maximum atomic E-state index is 16.0. The van der Waals surface area contributed by atoms with Crippen LogP contribution in [0.1, 0.15) is 51.6 Å². The lowest BCUT2D eigenvalue weighted by Crippen LogP contribution is -2.55. The quantitative estimate of drug-likeness (QED) is 0.0690. The first-order chi connectivity index (χ1) is 29.7. The van der Waals surface area contributed by atoms with Gasteiger partial charge in [-0.25, -0.2) is 9.69 Å². The second-order valence-corrected chi connectivity index (χ2v) is 14.8. The molecular weight excluding hydrogens is 775 g/mol. The number of methoxy groups -OCH3 is 2. The van der Waals surface area contributed by atoms with E-state index in [0.29, 0.717) is 28.0 Å². The van der Waals surface area contributed by atoms with Gasteiger partial charge in [-0.05, 0) is 76.9 Å². The maximum Gasteiger partial charge on any atom is 0.421 e. The summed E-state index contributed by atoms with van der Waals surface area (Å²) in [5.41, 5.74) is 1.55. The molecule has 0 aromatic heterocycles. The van der Waals surface area contributed by atoms with E-state index in [0.717, 1.165) is 10.5 Å². The number of carbonyl (C=O) groups is 4. The number of cyclic esters (lactones) is 1. The van der Waals surface area contributed by atoms with Crippen molar-refractivity contribution < 1.29 is 43.2 Å². The lowest BCUT2D eigenvalue weighted by Gasteiger charge is -2.46. The van der Waals surface area contributed by atoms with Crippen LogP contribution in [-0.4, -0.2) is 73.9 Å². The Balaban J connectivity index is 1.44. The topological polar surface area (TPSA) is 144 Å². The zero-order chi connectivity index (χ0) is 42.7. The van der Waals surface area contributed by atoms with E-state index < -0.39 is 59.4 Å². The standard InChI is InChI=1S/C49H43N3O9/c1-4-27-50-45(54)40-42-46(55)61-43(34-13-9-6-10-14-34)41(33-11-7-5-8-12-33)52(42)44(35-20-22-36(53)23-21-35)49(40)38-30-32(16-15-31-17-24-37(59-3)25-18-31)19-26-39(38)51(47(49)56)48(57)60-29-28-58-2/h4-14,17-26,30,40-44,53H,1,27-29H2,2-3H3,(H,50,54)/t40-,41-,42-,43+,44+,49-/m0/s1. The third kappa shape index (κ3) is 7.18. The predicted molar refractivity (Wildman–Crippen MR) is 225 cm³/mol. The van der Waals surface area contributed by atoms with Crippen LogP contribution in [-0.2, 0) is 34.0 Å². The molecule has 2 fully saturated rings. The Labute approximate surface area is 353 Å². The van der Waals surface area contributed by atoms with Gasteiger partial charge in [0, 0.05) is 24.8 Å². The lowest BCUT2D eigenvalue weighted by molar-refractivity contribution is -0.178. The molecule has 5 aromatic rings. The van der Waals surface area contributed by atoms with Crippen molar-refractivity contribution in [1.29, 1.82) is 0 Å². The molecule has 0 aliphatic carbocycles. The molecule has 3 amide bonds. The van der Waals surface area contributed by atoms with E-state index in [2.05, 4.69) is 23.7 Å².